The summed E-state index contributed by atoms with van der Waals surface area (Å²) < 4.78 is 41.2. The molecule has 1 rings (SSSR count). The highest BCUT2D eigenvalue weighted by atomic mass is 31.2. The standard InChI is InChI=1S/C17H29O9P/c18-27(19,20)26-15-14-24-11-10-22-7-6-21-8-9-23-12-13-25-16-17-4-2-1-3-5-17/h1-5H,6-16H2,(H2,18,19,20). The second-order valence-electron chi connectivity index (χ2n) is 5.31. The Morgan fingerprint density at radius 3 is 1.48 bits per heavy atom. The zero-order valence-electron chi connectivity index (χ0n) is 15.4. The molecule has 2 N–H and O–H groups in total. The highest BCUT2D eigenvalue weighted by Crippen LogP contribution is 2.35. The minimum absolute atomic E-state index is 0.0946. The average molecular weight is 408 g/mol. The third-order valence-corrected chi connectivity index (χ3v) is 3.61. The van der Waals surface area contributed by atoms with Crippen LogP contribution in [0.1, 0.15) is 5.56 Å². The van der Waals surface area contributed by atoms with Gasteiger partial charge in [0, 0.05) is 0 Å². The van der Waals surface area contributed by atoms with E-state index in [-0.39, 0.29) is 13.2 Å². The molecule has 27 heavy (non-hydrogen) atoms. The van der Waals surface area contributed by atoms with Crippen LogP contribution >= 0.6 is 7.82 Å². The van der Waals surface area contributed by atoms with Gasteiger partial charge in [-0.05, 0) is 5.56 Å². The lowest BCUT2D eigenvalue weighted by atomic mass is 10.2. The Hall–Kier alpha value is -0.870. The van der Waals surface area contributed by atoms with E-state index in [4.69, 9.17) is 33.5 Å². The third-order valence-electron chi connectivity index (χ3n) is 3.09. The molecule has 0 amide bonds. The van der Waals surface area contributed by atoms with Gasteiger partial charge >= 0.3 is 7.82 Å². The summed E-state index contributed by atoms with van der Waals surface area (Å²) in [6.45, 7) is 4.13. The second kappa shape index (κ2) is 16.1. The van der Waals surface area contributed by atoms with Gasteiger partial charge in [0.1, 0.15) is 0 Å². The first-order valence-corrected chi connectivity index (χ1v) is 10.2. The maximum atomic E-state index is 10.4. The second-order valence-corrected chi connectivity index (χ2v) is 6.55. The van der Waals surface area contributed by atoms with Crippen LogP contribution in [0.4, 0.5) is 0 Å². The summed E-state index contributed by atoms with van der Waals surface area (Å²) in [6, 6.07) is 9.97. The molecule has 9 nitrogen and oxygen atoms in total. The predicted octanol–water partition coefficient (Wildman–Crippen LogP) is 1.38. The van der Waals surface area contributed by atoms with Crippen LogP contribution in [0, 0.1) is 0 Å². The van der Waals surface area contributed by atoms with Crippen LogP contribution < -0.4 is 0 Å². The van der Waals surface area contributed by atoms with E-state index in [1.807, 2.05) is 30.3 Å². The zero-order valence-corrected chi connectivity index (χ0v) is 16.3. The molecule has 0 aliphatic carbocycles. The third kappa shape index (κ3) is 17.0. The fourth-order valence-electron chi connectivity index (χ4n) is 1.86. The zero-order chi connectivity index (χ0) is 19.6. The molecule has 0 spiro atoms. The van der Waals surface area contributed by atoms with Gasteiger partial charge in [-0.1, -0.05) is 30.3 Å². The number of benzene rings is 1. The molecule has 156 valence electrons. The van der Waals surface area contributed by atoms with E-state index in [1.54, 1.807) is 0 Å². The lowest BCUT2D eigenvalue weighted by molar-refractivity contribution is -0.0145. The van der Waals surface area contributed by atoms with Gasteiger partial charge < -0.3 is 33.5 Å². The Labute approximate surface area is 159 Å². The Bertz CT molecular complexity index is 494. The first-order chi connectivity index (χ1) is 13.1. The summed E-state index contributed by atoms with van der Waals surface area (Å²) in [7, 11) is -4.41. The van der Waals surface area contributed by atoms with Crippen LogP contribution in [0.25, 0.3) is 0 Å². The highest BCUT2D eigenvalue weighted by molar-refractivity contribution is 7.46. The molecule has 0 saturated heterocycles. The van der Waals surface area contributed by atoms with E-state index in [0.29, 0.717) is 59.5 Å². The van der Waals surface area contributed by atoms with E-state index in [0.717, 1.165) is 5.56 Å². The quantitative estimate of drug-likeness (QED) is 0.275. The van der Waals surface area contributed by atoms with Crippen molar-refractivity contribution in [3.05, 3.63) is 35.9 Å². The van der Waals surface area contributed by atoms with Crippen molar-refractivity contribution < 1.29 is 42.6 Å². The van der Waals surface area contributed by atoms with Gasteiger partial charge in [-0.3, -0.25) is 4.52 Å². The van der Waals surface area contributed by atoms with Crippen molar-refractivity contribution in [3.63, 3.8) is 0 Å². The SMILES string of the molecule is O=P(O)(O)OCCOCCOCCOCCOCCOCc1ccccc1. The van der Waals surface area contributed by atoms with Crippen molar-refractivity contribution in [1.82, 2.24) is 0 Å². The lowest BCUT2D eigenvalue weighted by Crippen LogP contribution is -2.13. The average Bonchev–Trinajstić information content (AvgIpc) is 2.64. The van der Waals surface area contributed by atoms with Crippen molar-refractivity contribution in [2.24, 2.45) is 0 Å². The van der Waals surface area contributed by atoms with E-state index < -0.39 is 7.82 Å². The van der Waals surface area contributed by atoms with Gasteiger partial charge in [-0.15, -0.1) is 0 Å². The molecule has 0 atom stereocenters. The topological polar surface area (TPSA) is 113 Å². The highest BCUT2D eigenvalue weighted by Gasteiger charge is 2.12. The molecule has 0 aliphatic rings. The number of ether oxygens (including phenoxy) is 5. The smallest absolute Gasteiger partial charge is 0.377 e. The Kier molecular flexibility index (Phi) is 14.4. The van der Waals surface area contributed by atoms with Gasteiger partial charge in [-0.2, -0.15) is 0 Å². The summed E-state index contributed by atoms with van der Waals surface area (Å²) in [5.74, 6) is 0. The molecule has 0 bridgehead atoms. The van der Waals surface area contributed by atoms with E-state index >= 15 is 0 Å². The largest absolute Gasteiger partial charge is 0.469 e. The molecule has 0 saturated carbocycles. The van der Waals surface area contributed by atoms with Gasteiger partial charge in [0.2, 0.25) is 0 Å². The molecule has 10 heteroatoms. The van der Waals surface area contributed by atoms with Crippen molar-refractivity contribution >= 4 is 7.82 Å². The van der Waals surface area contributed by atoms with Crippen LogP contribution in [0.3, 0.4) is 0 Å². The summed E-state index contributed by atoms with van der Waals surface area (Å²) in [6.07, 6.45) is 0. The molecule has 0 fully saturated rings. The Morgan fingerprint density at radius 2 is 1.04 bits per heavy atom. The molecule has 1 aromatic carbocycles. The van der Waals surface area contributed by atoms with E-state index in [2.05, 4.69) is 4.52 Å². The first kappa shape index (κ1) is 24.2. The van der Waals surface area contributed by atoms with Crippen LogP contribution in [-0.2, 0) is 39.4 Å². The molecular weight excluding hydrogens is 379 g/mol. The maximum Gasteiger partial charge on any atom is 0.469 e. The number of rotatable bonds is 18. The van der Waals surface area contributed by atoms with Gasteiger partial charge in [0.05, 0.1) is 72.7 Å². The number of hydrogen-bond acceptors (Lipinski definition) is 7. The first-order valence-electron chi connectivity index (χ1n) is 8.70. The molecule has 0 aromatic heterocycles. The van der Waals surface area contributed by atoms with Crippen molar-refractivity contribution in [2.75, 3.05) is 66.1 Å². The van der Waals surface area contributed by atoms with Gasteiger partial charge in [0.15, 0.2) is 0 Å². The predicted molar refractivity (Wildman–Crippen MR) is 97.4 cm³/mol. The summed E-state index contributed by atoms with van der Waals surface area (Å²) in [5, 5.41) is 0. The van der Waals surface area contributed by atoms with Crippen LogP contribution in [-0.4, -0.2) is 75.9 Å². The number of hydrogen-bond donors (Lipinski definition) is 2. The minimum Gasteiger partial charge on any atom is -0.377 e. The number of phosphoric acid groups is 1. The van der Waals surface area contributed by atoms with Gasteiger partial charge in [-0.25, -0.2) is 4.57 Å². The molecule has 0 radical (unpaired) electrons. The van der Waals surface area contributed by atoms with E-state index in [1.165, 1.54) is 0 Å². The van der Waals surface area contributed by atoms with Crippen molar-refractivity contribution in [2.45, 2.75) is 6.61 Å². The number of phosphoric ester groups is 1. The van der Waals surface area contributed by atoms with Crippen molar-refractivity contribution in [3.8, 4) is 0 Å². The Balaban J connectivity index is 1.71. The van der Waals surface area contributed by atoms with Crippen molar-refractivity contribution in [1.29, 1.82) is 0 Å². The summed E-state index contributed by atoms with van der Waals surface area (Å²) in [4.78, 5) is 16.9. The van der Waals surface area contributed by atoms with Gasteiger partial charge in [0.25, 0.3) is 0 Å². The molecule has 0 aliphatic heterocycles. The van der Waals surface area contributed by atoms with Crippen LogP contribution in [0.15, 0.2) is 30.3 Å². The molecule has 0 heterocycles. The molecule has 1 aromatic rings. The maximum absolute atomic E-state index is 10.4. The summed E-state index contributed by atoms with van der Waals surface area (Å²) in [5.41, 5.74) is 1.14. The molecule has 0 unspecified atom stereocenters. The van der Waals surface area contributed by atoms with E-state index in [9.17, 15) is 4.57 Å². The Morgan fingerprint density at radius 1 is 0.630 bits per heavy atom. The van der Waals surface area contributed by atoms with Crippen LogP contribution in [0.5, 0.6) is 0 Å². The van der Waals surface area contributed by atoms with Crippen LogP contribution in [0.2, 0.25) is 0 Å². The lowest BCUT2D eigenvalue weighted by Gasteiger charge is -2.08. The minimum atomic E-state index is -4.41. The fourth-order valence-corrected chi connectivity index (χ4v) is 2.17. The fraction of sp³-hybridized carbons (Fsp3) is 0.647. The molecular formula is C17H29O9P. The normalized spacial score (nSPS) is 11.8. The monoisotopic (exact) mass is 408 g/mol. The summed E-state index contributed by atoms with van der Waals surface area (Å²) >= 11 is 0.